The molecule has 0 amide bonds. The van der Waals surface area contributed by atoms with E-state index >= 15 is 0 Å². The smallest absolute Gasteiger partial charge is 0.0998 e. The molecule has 2 aromatic rings. The summed E-state index contributed by atoms with van der Waals surface area (Å²) in [5.74, 6) is 0. The molecule has 0 unspecified atom stereocenters. The second kappa shape index (κ2) is 4.63. The Bertz CT molecular complexity index is 535. The Labute approximate surface area is 96.0 Å². The molecule has 0 atom stereocenters. The summed E-state index contributed by atoms with van der Waals surface area (Å²) in [5.41, 5.74) is 4.16. The molecule has 78 valence electrons. The van der Waals surface area contributed by atoms with E-state index < -0.39 is 0 Å². The van der Waals surface area contributed by atoms with Gasteiger partial charge in [-0.25, -0.2) is 0 Å². The normalized spacial score (nSPS) is 9.75. The molecule has 2 rings (SSSR count). The van der Waals surface area contributed by atoms with Gasteiger partial charge < -0.3 is 0 Å². The molecule has 0 radical (unpaired) electrons. The van der Waals surface area contributed by atoms with Crippen molar-refractivity contribution in [3.63, 3.8) is 0 Å². The monoisotopic (exact) mass is 207 g/mol. The zero-order valence-corrected chi connectivity index (χ0v) is 9.27. The van der Waals surface area contributed by atoms with Crippen LogP contribution in [0.3, 0.4) is 0 Å². The van der Waals surface area contributed by atoms with E-state index in [1.807, 2.05) is 30.3 Å². The van der Waals surface area contributed by atoms with E-state index in [0.29, 0.717) is 0 Å². The molecule has 0 bridgehead atoms. The van der Waals surface area contributed by atoms with E-state index in [2.05, 4.69) is 31.2 Å². The first-order valence-electron chi connectivity index (χ1n) is 5.43. The van der Waals surface area contributed by atoms with Gasteiger partial charge in [-0.1, -0.05) is 49.4 Å². The quantitative estimate of drug-likeness (QED) is 0.735. The average molecular weight is 207 g/mol. The molecule has 0 saturated carbocycles. The van der Waals surface area contributed by atoms with Gasteiger partial charge in [0.2, 0.25) is 0 Å². The van der Waals surface area contributed by atoms with E-state index in [1.54, 1.807) is 0 Å². The predicted molar refractivity (Wildman–Crippen MR) is 66.0 cm³/mol. The van der Waals surface area contributed by atoms with Crippen LogP contribution in [-0.4, -0.2) is 0 Å². The summed E-state index contributed by atoms with van der Waals surface area (Å²) in [6.07, 6.45) is 1.02. The van der Waals surface area contributed by atoms with Crippen LogP contribution in [0.25, 0.3) is 11.1 Å². The number of hydrogen-bond donors (Lipinski definition) is 0. The average Bonchev–Trinajstić information content (AvgIpc) is 2.38. The van der Waals surface area contributed by atoms with Crippen LogP contribution in [0.4, 0.5) is 0 Å². The maximum absolute atomic E-state index is 9.06. The Morgan fingerprint density at radius 2 is 1.88 bits per heavy atom. The third kappa shape index (κ3) is 1.97. The van der Waals surface area contributed by atoms with Crippen molar-refractivity contribution in [3.8, 4) is 17.2 Å². The van der Waals surface area contributed by atoms with Crippen molar-refractivity contribution in [1.29, 1.82) is 5.26 Å². The molecule has 0 spiro atoms. The number of hydrogen-bond acceptors (Lipinski definition) is 1. The lowest BCUT2D eigenvalue weighted by molar-refractivity contribution is 1.14. The maximum atomic E-state index is 9.06. The van der Waals surface area contributed by atoms with Crippen LogP contribution in [0, 0.1) is 11.3 Å². The molecule has 0 aliphatic rings. The van der Waals surface area contributed by atoms with Gasteiger partial charge in [0.15, 0.2) is 0 Å². The summed E-state index contributed by atoms with van der Waals surface area (Å²) >= 11 is 0. The molecular weight excluding hydrogens is 194 g/mol. The van der Waals surface area contributed by atoms with Crippen molar-refractivity contribution in [2.45, 2.75) is 13.3 Å². The summed E-state index contributed by atoms with van der Waals surface area (Å²) in [6, 6.07) is 18.3. The van der Waals surface area contributed by atoms with Gasteiger partial charge in [-0.2, -0.15) is 5.26 Å². The maximum Gasteiger partial charge on any atom is 0.0998 e. The molecule has 0 heterocycles. The highest BCUT2D eigenvalue weighted by Gasteiger charge is 2.03. The summed E-state index contributed by atoms with van der Waals surface area (Å²) in [4.78, 5) is 0. The fraction of sp³-hybridized carbons (Fsp3) is 0.133. The van der Waals surface area contributed by atoms with Gasteiger partial charge in [-0.05, 0) is 29.2 Å². The standard InChI is InChI=1S/C15H13N/c1-2-12-6-5-8-13(10-12)15-9-4-3-7-14(15)11-16/h3-10H,2H2,1H3. The SMILES string of the molecule is CCc1cccc(-c2ccccc2C#N)c1. The van der Waals surface area contributed by atoms with Crippen molar-refractivity contribution >= 4 is 0 Å². The van der Waals surface area contributed by atoms with E-state index in [0.717, 1.165) is 23.1 Å². The fourth-order valence-corrected chi connectivity index (χ4v) is 1.79. The Balaban J connectivity index is 2.55. The lowest BCUT2D eigenvalue weighted by atomic mass is 9.98. The Morgan fingerprint density at radius 3 is 2.62 bits per heavy atom. The van der Waals surface area contributed by atoms with Crippen LogP contribution in [0.2, 0.25) is 0 Å². The van der Waals surface area contributed by atoms with Crippen molar-refractivity contribution in [2.24, 2.45) is 0 Å². The first-order valence-corrected chi connectivity index (χ1v) is 5.43. The lowest BCUT2D eigenvalue weighted by Gasteiger charge is -2.05. The molecule has 1 heteroatoms. The van der Waals surface area contributed by atoms with E-state index in [1.165, 1.54) is 5.56 Å². The van der Waals surface area contributed by atoms with E-state index in [4.69, 9.17) is 5.26 Å². The van der Waals surface area contributed by atoms with Gasteiger partial charge in [0.05, 0.1) is 11.6 Å². The molecule has 0 fully saturated rings. The topological polar surface area (TPSA) is 23.8 Å². The summed E-state index contributed by atoms with van der Waals surface area (Å²) in [5, 5.41) is 9.06. The third-order valence-electron chi connectivity index (χ3n) is 2.69. The van der Waals surface area contributed by atoms with Crippen LogP contribution in [0.5, 0.6) is 0 Å². The number of nitriles is 1. The van der Waals surface area contributed by atoms with Gasteiger partial charge in [-0.3, -0.25) is 0 Å². The lowest BCUT2D eigenvalue weighted by Crippen LogP contribution is -1.86. The van der Waals surface area contributed by atoms with E-state index in [-0.39, 0.29) is 0 Å². The molecule has 0 aromatic heterocycles. The second-order valence-corrected chi connectivity index (χ2v) is 3.71. The van der Waals surface area contributed by atoms with Crippen LogP contribution in [0.15, 0.2) is 48.5 Å². The minimum absolute atomic E-state index is 0.732. The highest BCUT2D eigenvalue weighted by Crippen LogP contribution is 2.24. The summed E-state index contributed by atoms with van der Waals surface area (Å²) < 4.78 is 0. The van der Waals surface area contributed by atoms with Crippen LogP contribution >= 0.6 is 0 Å². The second-order valence-electron chi connectivity index (χ2n) is 3.71. The highest BCUT2D eigenvalue weighted by molar-refractivity contribution is 5.70. The Hall–Kier alpha value is -2.07. The van der Waals surface area contributed by atoms with Crippen LogP contribution < -0.4 is 0 Å². The van der Waals surface area contributed by atoms with Crippen molar-refractivity contribution in [3.05, 3.63) is 59.7 Å². The first kappa shape index (κ1) is 10.4. The van der Waals surface area contributed by atoms with E-state index in [9.17, 15) is 0 Å². The zero-order chi connectivity index (χ0) is 11.4. The molecular formula is C15H13N. The van der Waals surface area contributed by atoms with Crippen molar-refractivity contribution < 1.29 is 0 Å². The summed E-state index contributed by atoms with van der Waals surface area (Å²) in [7, 11) is 0. The van der Waals surface area contributed by atoms with Gasteiger partial charge in [0.1, 0.15) is 0 Å². The van der Waals surface area contributed by atoms with Crippen LogP contribution in [0.1, 0.15) is 18.1 Å². The molecule has 1 nitrogen and oxygen atoms in total. The minimum atomic E-state index is 0.732. The zero-order valence-electron chi connectivity index (χ0n) is 9.27. The summed E-state index contributed by atoms with van der Waals surface area (Å²) in [6.45, 7) is 2.13. The Kier molecular flexibility index (Phi) is 3.03. The molecule has 0 N–H and O–H groups in total. The molecule has 2 aromatic carbocycles. The highest BCUT2D eigenvalue weighted by atomic mass is 14.2. The van der Waals surface area contributed by atoms with Crippen LogP contribution in [-0.2, 0) is 6.42 Å². The van der Waals surface area contributed by atoms with Gasteiger partial charge in [0.25, 0.3) is 0 Å². The van der Waals surface area contributed by atoms with Gasteiger partial charge in [0, 0.05) is 0 Å². The van der Waals surface area contributed by atoms with Gasteiger partial charge >= 0.3 is 0 Å². The molecule has 0 saturated heterocycles. The van der Waals surface area contributed by atoms with Crippen molar-refractivity contribution in [1.82, 2.24) is 0 Å². The fourth-order valence-electron chi connectivity index (χ4n) is 1.79. The number of nitrogens with zero attached hydrogens (tertiary/aromatic N) is 1. The number of rotatable bonds is 2. The minimum Gasteiger partial charge on any atom is -0.192 e. The van der Waals surface area contributed by atoms with Crippen molar-refractivity contribution in [2.75, 3.05) is 0 Å². The van der Waals surface area contributed by atoms with Gasteiger partial charge in [-0.15, -0.1) is 0 Å². The number of benzene rings is 2. The molecule has 16 heavy (non-hydrogen) atoms. The Morgan fingerprint density at radius 1 is 1.06 bits per heavy atom. The third-order valence-corrected chi connectivity index (χ3v) is 2.69. The number of aryl methyl sites for hydroxylation is 1. The first-order chi connectivity index (χ1) is 7.85. The molecule has 0 aliphatic carbocycles. The predicted octanol–water partition coefficient (Wildman–Crippen LogP) is 3.79. The largest absolute Gasteiger partial charge is 0.192 e. The molecule has 0 aliphatic heterocycles.